The third-order valence-electron chi connectivity index (χ3n) is 5.20. The molecule has 0 aromatic carbocycles. The molecule has 13 heteroatoms. The topological polar surface area (TPSA) is 122 Å². The first kappa shape index (κ1) is 26.8. The maximum Gasteiger partial charge on any atom is 0.433 e. The molecule has 9 nitrogen and oxygen atoms in total. The van der Waals surface area contributed by atoms with E-state index in [4.69, 9.17) is 4.74 Å². The smallest absolute Gasteiger partial charge is 0.433 e. The summed E-state index contributed by atoms with van der Waals surface area (Å²) in [7, 11) is 0. The van der Waals surface area contributed by atoms with E-state index in [-0.39, 0.29) is 41.9 Å². The van der Waals surface area contributed by atoms with E-state index in [0.29, 0.717) is 0 Å². The van der Waals surface area contributed by atoms with E-state index in [1.165, 1.54) is 6.07 Å². The van der Waals surface area contributed by atoms with E-state index < -0.39 is 47.7 Å². The number of hydrogen-bond acceptors (Lipinski definition) is 6. The lowest BCUT2D eigenvalue weighted by atomic mass is 10.1. The number of ether oxygens (including phenoxy) is 1. The first-order valence-electron chi connectivity index (χ1n) is 10.8. The van der Waals surface area contributed by atoms with Crippen LogP contribution in [0.5, 0.6) is 0 Å². The number of pyridine rings is 2. The molecule has 1 saturated heterocycles. The second kappa shape index (κ2) is 10.1. The predicted octanol–water partition coefficient (Wildman–Crippen LogP) is 3.82. The molecule has 0 saturated carbocycles. The number of carboxylic acid groups (broad SMARTS) is 1. The number of carboxylic acids is 1. The minimum absolute atomic E-state index is 0.0966. The van der Waals surface area contributed by atoms with Crippen molar-refractivity contribution in [2.24, 2.45) is 0 Å². The molecular weight excluding hydrogens is 488 g/mol. The molecule has 3 heterocycles. The fourth-order valence-corrected chi connectivity index (χ4v) is 3.56. The van der Waals surface area contributed by atoms with Gasteiger partial charge in [0.25, 0.3) is 0 Å². The lowest BCUT2D eigenvalue weighted by Gasteiger charge is -2.27. The summed E-state index contributed by atoms with van der Waals surface area (Å²) in [4.78, 5) is 45.2. The van der Waals surface area contributed by atoms with E-state index in [2.05, 4.69) is 15.3 Å². The molecule has 2 aromatic rings. The van der Waals surface area contributed by atoms with Crippen LogP contribution in [-0.4, -0.2) is 62.3 Å². The first-order valence-corrected chi connectivity index (χ1v) is 10.8. The zero-order chi connectivity index (χ0) is 26.8. The van der Waals surface area contributed by atoms with Crippen molar-refractivity contribution >= 4 is 18.0 Å². The lowest BCUT2D eigenvalue weighted by molar-refractivity contribution is -0.141. The van der Waals surface area contributed by atoms with Gasteiger partial charge in [-0.05, 0) is 44.5 Å². The number of likely N-dealkylation sites (tertiary alicyclic amines) is 1. The van der Waals surface area contributed by atoms with Crippen LogP contribution in [0.25, 0.3) is 11.3 Å². The van der Waals surface area contributed by atoms with Crippen molar-refractivity contribution in [1.82, 2.24) is 20.2 Å². The standard InChI is InChI=1S/C23H24F4N4O5/c1-22(2,3)36-21(35)31-11-14(24)7-17(31)19(32)30-9-13-6-16(28-10-15(13)20(33)34)12-4-5-18(29-8-12)23(25,26)27/h4-6,8,10,14,17H,7,9,11H2,1-3H3,(H,30,32)(H,33,34)/t14-,17+/m0/s1. The number of carbonyl (C=O) groups is 3. The Kier molecular flexibility index (Phi) is 7.51. The number of amides is 2. The van der Waals surface area contributed by atoms with Crippen LogP contribution in [0.1, 0.15) is 48.8 Å². The molecule has 194 valence electrons. The van der Waals surface area contributed by atoms with Crippen LogP contribution in [0.15, 0.2) is 30.6 Å². The molecule has 0 unspecified atom stereocenters. The van der Waals surface area contributed by atoms with Crippen molar-refractivity contribution in [3.63, 3.8) is 0 Å². The van der Waals surface area contributed by atoms with Crippen molar-refractivity contribution in [3.05, 3.63) is 47.4 Å². The zero-order valence-electron chi connectivity index (χ0n) is 19.6. The second-order valence-electron chi connectivity index (χ2n) is 9.16. The van der Waals surface area contributed by atoms with Crippen molar-refractivity contribution in [1.29, 1.82) is 0 Å². The Morgan fingerprint density at radius 2 is 1.86 bits per heavy atom. The molecule has 3 rings (SSSR count). The van der Waals surface area contributed by atoms with E-state index in [1.54, 1.807) is 20.8 Å². The van der Waals surface area contributed by atoms with Crippen LogP contribution in [0.4, 0.5) is 22.4 Å². The Balaban J connectivity index is 1.79. The highest BCUT2D eigenvalue weighted by molar-refractivity contribution is 5.90. The highest BCUT2D eigenvalue weighted by atomic mass is 19.4. The minimum atomic E-state index is -4.62. The van der Waals surface area contributed by atoms with Crippen molar-refractivity contribution < 1.29 is 41.8 Å². The van der Waals surface area contributed by atoms with Gasteiger partial charge in [0.05, 0.1) is 17.8 Å². The Labute approximate surface area is 203 Å². The SMILES string of the molecule is CC(C)(C)OC(=O)N1C[C@@H](F)C[C@@H]1C(=O)NCc1cc(-c2ccc(C(F)(F)F)nc2)ncc1C(=O)O. The Morgan fingerprint density at radius 1 is 1.17 bits per heavy atom. The van der Waals surface area contributed by atoms with Crippen LogP contribution >= 0.6 is 0 Å². The van der Waals surface area contributed by atoms with Crippen molar-refractivity contribution in [3.8, 4) is 11.3 Å². The number of nitrogens with one attached hydrogen (secondary N) is 1. The first-order chi connectivity index (χ1) is 16.7. The number of alkyl halides is 4. The van der Waals surface area contributed by atoms with Crippen molar-refractivity contribution in [2.45, 2.75) is 57.7 Å². The van der Waals surface area contributed by atoms with Crippen LogP contribution in [0.3, 0.4) is 0 Å². The van der Waals surface area contributed by atoms with Crippen LogP contribution in [0, 0.1) is 0 Å². The van der Waals surface area contributed by atoms with Crippen LogP contribution in [-0.2, 0) is 22.3 Å². The molecule has 0 bridgehead atoms. The highest BCUT2D eigenvalue weighted by Crippen LogP contribution is 2.29. The normalized spacial score (nSPS) is 18.1. The van der Waals surface area contributed by atoms with Gasteiger partial charge in [0, 0.05) is 30.9 Å². The molecule has 2 amide bonds. The summed E-state index contributed by atoms with van der Waals surface area (Å²) in [6, 6.07) is 2.04. The third kappa shape index (κ3) is 6.46. The third-order valence-corrected chi connectivity index (χ3v) is 5.20. The molecular formula is C23H24F4N4O5. The fourth-order valence-electron chi connectivity index (χ4n) is 3.56. The number of carbonyl (C=O) groups excluding carboxylic acids is 2. The molecule has 0 aliphatic carbocycles. The lowest BCUT2D eigenvalue weighted by Crippen LogP contribution is -2.47. The van der Waals surface area contributed by atoms with Gasteiger partial charge in [0.2, 0.25) is 5.91 Å². The Morgan fingerprint density at radius 3 is 2.42 bits per heavy atom. The number of nitrogens with zero attached hydrogens (tertiary/aromatic N) is 3. The van der Waals surface area contributed by atoms with E-state index in [0.717, 1.165) is 29.4 Å². The number of aromatic nitrogens is 2. The summed E-state index contributed by atoms with van der Waals surface area (Å²) in [5, 5.41) is 12.0. The molecule has 1 aliphatic rings. The van der Waals surface area contributed by atoms with E-state index >= 15 is 0 Å². The van der Waals surface area contributed by atoms with Crippen LogP contribution in [0.2, 0.25) is 0 Å². The monoisotopic (exact) mass is 512 g/mol. The van der Waals surface area contributed by atoms with Gasteiger partial charge in [0.15, 0.2) is 0 Å². The van der Waals surface area contributed by atoms with Crippen molar-refractivity contribution in [2.75, 3.05) is 6.54 Å². The molecule has 1 aliphatic heterocycles. The zero-order valence-corrected chi connectivity index (χ0v) is 19.6. The molecule has 0 radical (unpaired) electrons. The number of halogens is 4. The second-order valence-corrected chi connectivity index (χ2v) is 9.16. The predicted molar refractivity (Wildman–Crippen MR) is 118 cm³/mol. The molecule has 1 fully saturated rings. The quantitative estimate of drug-likeness (QED) is 0.584. The van der Waals surface area contributed by atoms with Gasteiger partial charge in [-0.25, -0.2) is 14.0 Å². The summed E-state index contributed by atoms with van der Waals surface area (Å²) in [6.45, 7) is 4.24. The molecule has 36 heavy (non-hydrogen) atoms. The highest BCUT2D eigenvalue weighted by Gasteiger charge is 2.41. The molecule has 2 aromatic heterocycles. The fraction of sp³-hybridized carbons (Fsp3) is 0.435. The number of aromatic carboxylic acids is 1. The Hall–Kier alpha value is -3.77. The average Bonchev–Trinajstić information content (AvgIpc) is 3.17. The molecule has 2 N–H and O–H groups in total. The summed E-state index contributed by atoms with van der Waals surface area (Å²) >= 11 is 0. The average molecular weight is 512 g/mol. The summed E-state index contributed by atoms with van der Waals surface area (Å²) in [6.07, 6.45) is -5.21. The minimum Gasteiger partial charge on any atom is -0.478 e. The van der Waals surface area contributed by atoms with Gasteiger partial charge in [-0.15, -0.1) is 0 Å². The maximum absolute atomic E-state index is 14.1. The summed E-state index contributed by atoms with van der Waals surface area (Å²) in [5.41, 5.74) is -1.79. The largest absolute Gasteiger partial charge is 0.478 e. The Bertz CT molecular complexity index is 1150. The summed E-state index contributed by atoms with van der Waals surface area (Å²) in [5.74, 6) is -2.06. The van der Waals surface area contributed by atoms with Gasteiger partial charge in [-0.3, -0.25) is 19.7 Å². The van der Waals surface area contributed by atoms with Gasteiger partial charge < -0.3 is 15.2 Å². The number of hydrogen-bond donors (Lipinski definition) is 2. The maximum atomic E-state index is 14.1. The van der Waals surface area contributed by atoms with Crippen LogP contribution < -0.4 is 5.32 Å². The van der Waals surface area contributed by atoms with Gasteiger partial charge >= 0.3 is 18.2 Å². The molecule has 2 atom stereocenters. The van der Waals surface area contributed by atoms with Gasteiger partial charge in [0.1, 0.15) is 23.5 Å². The molecule has 0 spiro atoms. The summed E-state index contributed by atoms with van der Waals surface area (Å²) < 4.78 is 57.6. The van der Waals surface area contributed by atoms with E-state index in [9.17, 15) is 37.1 Å². The van der Waals surface area contributed by atoms with E-state index in [1.807, 2.05) is 0 Å². The van der Waals surface area contributed by atoms with Gasteiger partial charge in [-0.1, -0.05) is 0 Å². The number of rotatable bonds is 5. The van der Waals surface area contributed by atoms with Gasteiger partial charge in [-0.2, -0.15) is 13.2 Å².